The van der Waals surface area contributed by atoms with Crippen LogP contribution in [0.3, 0.4) is 0 Å². The maximum atomic E-state index is 10.5. The SMILES string of the molecule is CCOc1ccc(-c2[nH]nc(SCC(=O)O)[n+]2N)cc1. The summed E-state index contributed by atoms with van der Waals surface area (Å²) in [5.41, 5.74) is 0.839. The van der Waals surface area contributed by atoms with Gasteiger partial charge < -0.3 is 9.84 Å². The standard InChI is InChI=1S/C12H14N4O3S/c1-2-19-9-5-3-8(4-6-9)11-14-15-12(16(11)13)20-7-10(17)18/h3-6H,2,7,13H2,1H3,(H,17,18)/p+1. The molecule has 0 spiro atoms. The van der Waals surface area contributed by atoms with Crippen LogP contribution in [0.15, 0.2) is 29.4 Å². The number of aromatic nitrogens is 3. The first kappa shape index (κ1) is 14.2. The van der Waals surface area contributed by atoms with Gasteiger partial charge >= 0.3 is 11.1 Å². The van der Waals surface area contributed by atoms with Gasteiger partial charge in [-0.25, -0.2) is 0 Å². The van der Waals surface area contributed by atoms with E-state index in [0.29, 0.717) is 17.6 Å². The van der Waals surface area contributed by atoms with Crippen molar-refractivity contribution in [1.29, 1.82) is 0 Å². The fourth-order valence-electron chi connectivity index (χ4n) is 1.61. The predicted molar refractivity (Wildman–Crippen MR) is 73.9 cm³/mol. The molecule has 0 fully saturated rings. The molecule has 2 rings (SSSR count). The first-order valence-corrected chi connectivity index (χ1v) is 6.93. The normalized spacial score (nSPS) is 10.4. The van der Waals surface area contributed by atoms with E-state index < -0.39 is 5.97 Å². The third-order valence-electron chi connectivity index (χ3n) is 2.47. The molecule has 0 aliphatic heterocycles. The number of nitrogens with two attached hydrogens (primary N) is 1. The lowest BCUT2D eigenvalue weighted by atomic mass is 10.2. The van der Waals surface area contributed by atoms with Crippen LogP contribution < -0.4 is 15.3 Å². The fraction of sp³-hybridized carbons (Fsp3) is 0.250. The number of carboxylic acids is 1. The Balaban J connectivity index is 2.18. The fourth-order valence-corrected chi connectivity index (χ4v) is 2.20. The summed E-state index contributed by atoms with van der Waals surface area (Å²) in [7, 11) is 0. The van der Waals surface area contributed by atoms with Crippen LogP contribution in [-0.2, 0) is 4.79 Å². The number of nitrogens with one attached hydrogen (secondary N) is 1. The number of aromatic amines is 1. The Morgan fingerprint density at radius 3 is 2.80 bits per heavy atom. The van der Waals surface area contributed by atoms with Crippen LogP contribution in [0.5, 0.6) is 5.75 Å². The number of H-pyrrole nitrogens is 1. The molecule has 0 atom stereocenters. The summed E-state index contributed by atoms with van der Waals surface area (Å²) < 4.78 is 6.70. The van der Waals surface area contributed by atoms with Crippen molar-refractivity contribution in [2.45, 2.75) is 12.1 Å². The average molecular weight is 295 g/mol. The molecular formula is C12H15N4O3S+. The van der Waals surface area contributed by atoms with E-state index in [9.17, 15) is 4.79 Å². The smallest absolute Gasteiger partial charge is 0.359 e. The van der Waals surface area contributed by atoms with Crippen LogP contribution in [0.25, 0.3) is 11.4 Å². The Bertz CT molecular complexity index is 597. The minimum Gasteiger partial charge on any atom is -0.494 e. The first-order valence-electron chi connectivity index (χ1n) is 5.95. The van der Waals surface area contributed by atoms with Crippen LogP contribution in [0.4, 0.5) is 0 Å². The molecule has 0 saturated carbocycles. The second kappa shape index (κ2) is 6.29. The second-order valence-corrected chi connectivity index (χ2v) is 4.81. The summed E-state index contributed by atoms with van der Waals surface area (Å²) in [6.45, 7) is 2.53. The molecular weight excluding hydrogens is 280 g/mol. The third-order valence-corrected chi connectivity index (χ3v) is 3.41. The summed E-state index contributed by atoms with van der Waals surface area (Å²) in [6, 6.07) is 7.38. The molecule has 0 aliphatic carbocycles. The Kier molecular flexibility index (Phi) is 4.46. The number of hydrogen-bond acceptors (Lipinski definition) is 5. The third kappa shape index (κ3) is 3.21. The van der Waals surface area contributed by atoms with E-state index in [0.717, 1.165) is 23.1 Å². The highest BCUT2D eigenvalue weighted by molar-refractivity contribution is 7.99. The van der Waals surface area contributed by atoms with E-state index in [1.807, 2.05) is 31.2 Å². The van der Waals surface area contributed by atoms with Crippen LogP contribution in [-0.4, -0.2) is 33.6 Å². The van der Waals surface area contributed by atoms with Crippen molar-refractivity contribution in [1.82, 2.24) is 10.2 Å². The number of rotatable bonds is 6. The number of ether oxygens (including phenoxy) is 1. The van der Waals surface area contributed by atoms with Gasteiger partial charge in [-0.1, -0.05) is 0 Å². The zero-order chi connectivity index (χ0) is 14.5. The lowest BCUT2D eigenvalue weighted by Gasteiger charge is -2.02. The molecule has 0 bridgehead atoms. The van der Waals surface area contributed by atoms with Crippen molar-refractivity contribution < 1.29 is 19.3 Å². The van der Waals surface area contributed by atoms with Gasteiger partial charge in [-0.3, -0.25) is 10.6 Å². The van der Waals surface area contributed by atoms with Gasteiger partial charge in [0, 0.05) is 0 Å². The molecule has 2 aromatic rings. The van der Waals surface area contributed by atoms with E-state index in [1.54, 1.807) is 0 Å². The van der Waals surface area contributed by atoms with Gasteiger partial charge in [0.15, 0.2) is 0 Å². The maximum Gasteiger partial charge on any atom is 0.359 e. The van der Waals surface area contributed by atoms with Crippen molar-refractivity contribution in [3.63, 3.8) is 0 Å². The minimum absolute atomic E-state index is 0.0925. The molecule has 0 saturated heterocycles. The van der Waals surface area contributed by atoms with Crippen LogP contribution in [0.1, 0.15) is 6.92 Å². The Morgan fingerprint density at radius 1 is 1.50 bits per heavy atom. The van der Waals surface area contributed by atoms with Gasteiger partial charge in [-0.15, -0.1) is 9.77 Å². The molecule has 7 nitrogen and oxygen atoms in total. The van der Waals surface area contributed by atoms with Gasteiger partial charge in [0.05, 0.1) is 17.3 Å². The monoisotopic (exact) mass is 295 g/mol. The zero-order valence-electron chi connectivity index (χ0n) is 10.9. The summed E-state index contributed by atoms with van der Waals surface area (Å²) in [5.74, 6) is 6.26. The predicted octanol–water partition coefficient (Wildman–Crippen LogP) is 0.653. The summed E-state index contributed by atoms with van der Waals surface area (Å²) in [6.07, 6.45) is 0. The summed E-state index contributed by atoms with van der Waals surface area (Å²) in [4.78, 5) is 10.5. The second-order valence-electron chi connectivity index (χ2n) is 3.86. The van der Waals surface area contributed by atoms with Crippen molar-refractivity contribution in [3.8, 4) is 17.1 Å². The number of benzene rings is 1. The quantitative estimate of drug-likeness (QED) is 0.410. The molecule has 1 heterocycles. The largest absolute Gasteiger partial charge is 0.494 e. The molecule has 1 aromatic carbocycles. The van der Waals surface area contributed by atoms with Gasteiger partial charge in [-0.2, -0.15) is 0 Å². The molecule has 4 N–H and O–H groups in total. The lowest BCUT2D eigenvalue weighted by molar-refractivity contribution is -0.666. The number of carbonyl (C=O) groups is 1. The number of thioether (sulfide) groups is 1. The molecule has 0 radical (unpaired) electrons. The topological polar surface area (TPSA) is 105 Å². The first-order chi connectivity index (χ1) is 9.61. The highest BCUT2D eigenvalue weighted by atomic mass is 32.2. The number of nitrogen functional groups attached to an aromatic ring is 1. The van der Waals surface area contributed by atoms with Crippen molar-refractivity contribution in [2.24, 2.45) is 0 Å². The van der Waals surface area contributed by atoms with Gasteiger partial charge in [0.2, 0.25) is 0 Å². The summed E-state index contributed by atoms with van der Waals surface area (Å²) >= 11 is 1.05. The minimum atomic E-state index is -0.916. The highest BCUT2D eigenvalue weighted by Crippen LogP contribution is 2.19. The van der Waals surface area contributed by atoms with E-state index in [4.69, 9.17) is 15.7 Å². The van der Waals surface area contributed by atoms with Crippen molar-refractivity contribution >= 4 is 17.7 Å². The van der Waals surface area contributed by atoms with Crippen LogP contribution >= 0.6 is 11.8 Å². The van der Waals surface area contributed by atoms with Crippen LogP contribution in [0, 0.1) is 0 Å². The van der Waals surface area contributed by atoms with Gasteiger partial charge in [-0.05, 0) is 43.0 Å². The maximum absolute atomic E-state index is 10.5. The molecule has 1 aromatic heterocycles. The zero-order valence-corrected chi connectivity index (χ0v) is 11.7. The number of nitrogens with zero attached hydrogens (tertiary/aromatic N) is 2. The van der Waals surface area contributed by atoms with Crippen molar-refractivity contribution in [2.75, 3.05) is 18.2 Å². The molecule has 0 aliphatic rings. The van der Waals surface area contributed by atoms with E-state index in [-0.39, 0.29) is 5.75 Å². The average Bonchev–Trinajstić information content (AvgIpc) is 2.79. The lowest BCUT2D eigenvalue weighted by Crippen LogP contribution is -2.47. The molecule has 0 unspecified atom stereocenters. The Morgan fingerprint density at radius 2 is 2.20 bits per heavy atom. The molecule has 0 amide bonds. The van der Waals surface area contributed by atoms with E-state index in [1.165, 1.54) is 4.68 Å². The Labute approximate surface area is 119 Å². The van der Waals surface area contributed by atoms with Gasteiger partial charge in [0.1, 0.15) is 11.5 Å². The van der Waals surface area contributed by atoms with E-state index in [2.05, 4.69) is 10.2 Å². The summed E-state index contributed by atoms with van der Waals surface area (Å²) in [5, 5.41) is 15.9. The molecule has 20 heavy (non-hydrogen) atoms. The molecule has 106 valence electrons. The Hall–Kier alpha value is -2.22. The molecule has 8 heteroatoms. The van der Waals surface area contributed by atoms with Crippen LogP contribution in [0.2, 0.25) is 0 Å². The van der Waals surface area contributed by atoms with Gasteiger partial charge in [0.25, 0.3) is 5.82 Å². The number of hydrogen-bond donors (Lipinski definition) is 3. The van der Waals surface area contributed by atoms with Crippen molar-refractivity contribution in [3.05, 3.63) is 24.3 Å². The van der Waals surface area contributed by atoms with E-state index >= 15 is 0 Å². The highest BCUT2D eigenvalue weighted by Gasteiger charge is 2.20. The number of aliphatic carboxylic acids is 1. The number of carboxylic acid groups (broad SMARTS) is 1.